The van der Waals surface area contributed by atoms with E-state index in [2.05, 4.69) is 0 Å². The number of nitro groups is 1. The van der Waals surface area contributed by atoms with Crippen LogP contribution >= 0.6 is 0 Å². The first-order chi connectivity index (χ1) is 9.06. The molecule has 0 aliphatic heterocycles. The summed E-state index contributed by atoms with van der Waals surface area (Å²) in [5, 5.41) is 20.7. The van der Waals surface area contributed by atoms with Gasteiger partial charge in [-0.15, -0.1) is 0 Å². The fourth-order valence-corrected chi connectivity index (χ4v) is 2.78. The fourth-order valence-electron chi connectivity index (χ4n) is 2.78. The van der Waals surface area contributed by atoms with Gasteiger partial charge in [0.15, 0.2) is 0 Å². The van der Waals surface area contributed by atoms with Crippen LogP contribution in [0.3, 0.4) is 0 Å². The summed E-state index contributed by atoms with van der Waals surface area (Å²) >= 11 is 0. The smallest absolute Gasteiger partial charge is 0.272 e. The molecule has 1 fully saturated rings. The van der Waals surface area contributed by atoms with Crippen molar-refractivity contribution in [1.82, 2.24) is 0 Å². The monoisotopic (exact) mass is 267 g/mol. The Morgan fingerprint density at radius 1 is 1.37 bits per heavy atom. The number of hydrogen-bond acceptors (Lipinski definition) is 3. The zero-order valence-electron chi connectivity index (χ0n) is 10.7. The van der Waals surface area contributed by atoms with E-state index in [1.807, 2.05) is 0 Å². The maximum Gasteiger partial charge on any atom is 0.272 e. The lowest BCUT2D eigenvalue weighted by Gasteiger charge is -2.17. The van der Waals surface area contributed by atoms with Gasteiger partial charge in [-0.3, -0.25) is 10.1 Å². The Hall–Kier alpha value is -1.49. The Morgan fingerprint density at radius 2 is 2.05 bits per heavy atom. The van der Waals surface area contributed by atoms with Crippen LogP contribution in [0, 0.1) is 21.8 Å². The van der Waals surface area contributed by atoms with Crippen LogP contribution in [0.15, 0.2) is 18.2 Å². The van der Waals surface area contributed by atoms with Gasteiger partial charge in [-0.25, -0.2) is 4.39 Å². The average molecular weight is 267 g/mol. The van der Waals surface area contributed by atoms with Crippen molar-refractivity contribution in [2.75, 3.05) is 0 Å². The van der Waals surface area contributed by atoms with E-state index in [1.54, 1.807) is 0 Å². The first kappa shape index (κ1) is 13.9. The van der Waals surface area contributed by atoms with Gasteiger partial charge in [-0.1, -0.05) is 12.8 Å². The molecule has 1 aromatic carbocycles. The third-order valence-corrected chi connectivity index (χ3v) is 3.83. The molecule has 0 spiro atoms. The van der Waals surface area contributed by atoms with Crippen molar-refractivity contribution in [3.05, 3.63) is 39.7 Å². The minimum atomic E-state index is -0.598. The molecular formula is C14H18FNO3. The minimum absolute atomic E-state index is 0.231. The summed E-state index contributed by atoms with van der Waals surface area (Å²) < 4.78 is 13.2. The molecule has 1 atom stereocenters. The Labute approximate surface area is 111 Å². The number of aryl methyl sites for hydroxylation is 1. The highest BCUT2D eigenvalue weighted by atomic mass is 19.1. The third kappa shape index (κ3) is 3.73. The fraction of sp³-hybridized carbons (Fsp3) is 0.571. The van der Waals surface area contributed by atoms with Gasteiger partial charge in [0.25, 0.3) is 5.69 Å². The highest BCUT2D eigenvalue weighted by molar-refractivity contribution is 5.35. The van der Waals surface area contributed by atoms with E-state index in [1.165, 1.54) is 12.1 Å². The third-order valence-electron chi connectivity index (χ3n) is 3.83. The quantitative estimate of drug-likeness (QED) is 0.658. The highest BCUT2D eigenvalue weighted by Crippen LogP contribution is 2.29. The topological polar surface area (TPSA) is 63.4 Å². The van der Waals surface area contributed by atoms with Crippen LogP contribution < -0.4 is 0 Å². The number of hydrogen-bond donors (Lipinski definition) is 1. The Morgan fingerprint density at radius 3 is 2.68 bits per heavy atom. The maximum absolute atomic E-state index is 13.2. The van der Waals surface area contributed by atoms with Crippen molar-refractivity contribution in [2.45, 2.75) is 44.6 Å². The molecule has 1 unspecified atom stereocenters. The van der Waals surface area contributed by atoms with E-state index in [0.29, 0.717) is 24.3 Å². The normalized spacial score (nSPS) is 17.6. The first-order valence-electron chi connectivity index (χ1n) is 6.68. The van der Waals surface area contributed by atoms with E-state index in [0.717, 1.165) is 31.7 Å². The van der Waals surface area contributed by atoms with Crippen LogP contribution in [0.25, 0.3) is 0 Å². The van der Waals surface area contributed by atoms with Crippen LogP contribution in [-0.2, 0) is 6.42 Å². The molecule has 1 aliphatic rings. The standard InChI is InChI=1S/C14H18FNO3/c15-12-7-10(8-13(9-12)16(18)19)5-6-14(17)11-3-1-2-4-11/h7-9,11,14,17H,1-6H2. The predicted molar refractivity (Wildman–Crippen MR) is 69.3 cm³/mol. The summed E-state index contributed by atoms with van der Waals surface area (Å²) in [4.78, 5) is 10.0. The average Bonchev–Trinajstić information content (AvgIpc) is 2.89. The molecule has 5 heteroatoms. The molecule has 4 nitrogen and oxygen atoms in total. The molecule has 0 aromatic heterocycles. The largest absolute Gasteiger partial charge is 0.393 e. The zero-order valence-corrected chi connectivity index (χ0v) is 10.7. The van der Waals surface area contributed by atoms with E-state index in [-0.39, 0.29) is 11.8 Å². The summed E-state index contributed by atoms with van der Waals surface area (Å²) in [5.41, 5.74) is 0.342. The molecule has 104 valence electrons. The second kappa shape index (κ2) is 6.10. The first-order valence-corrected chi connectivity index (χ1v) is 6.68. The molecule has 1 aromatic rings. The van der Waals surface area contributed by atoms with Crippen molar-refractivity contribution in [3.63, 3.8) is 0 Å². The lowest BCUT2D eigenvalue weighted by atomic mass is 9.95. The minimum Gasteiger partial charge on any atom is -0.393 e. The maximum atomic E-state index is 13.2. The van der Waals surface area contributed by atoms with Gasteiger partial charge in [0.2, 0.25) is 0 Å². The molecule has 0 radical (unpaired) electrons. The van der Waals surface area contributed by atoms with Gasteiger partial charge in [0.05, 0.1) is 17.1 Å². The lowest BCUT2D eigenvalue weighted by Crippen LogP contribution is -2.18. The number of benzene rings is 1. The summed E-state index contributed by atoms with van der Waals surface area (Å²) in [6.07, 6.45) is 5.03. The molecule has 2 rings (SSSR count). The molecule has 0 bridgehead atoms. The predicted octanol–water partition coefficient (Wildman–Crippen LogP) is 3.22. The van der Waals surface area contributed by atoms with Crippen molar-refractivity contribution in [1.29, 1.82) is 0 Å². The zero-order chi connectivity index (χ0) is 13.8. The van der Waals surface area contributed by atoms with Gasteiger partial charge in [0.1, 0.15) is 5.82 Å². The number of rotatable bonds is 5. The van der Waals surface area contributed by atoms with Crippen LogP contribution in [-0.4, -0.2) is 16.1 Å². The molecule has 0 saturated heterocycles. The number of aliphatic hydroxyl groups excluding tert-OH is 1. The van der Waals surface area contributed by atoms with E-state index in [4.69, 9.17) is 0 Å². The molecule has 1 saturated carbocycles. The van der Waals surface area contributed by atoms with Crippen LogP contribution in [0.4, 0.5) is 10.1 Å². The van der Waals surface area contributed by atoms with Crippen molar-refractivity contribution < 1.29 is 14.4 Å². The number of nitro benzene ring substituents is 1. The van der Waals surface area contributed by atoms with Crippen LogP contribution in [0.5, 0.6) is 0 Å². The molecule has 0 amide bonds. The summed E-state index contributed by atoms with van der Waals surface area (Å²) in [5.74, 6) is -0.261. The Balaban J connectivity index is 1.96. The summed E-state index contributed by atoms with van der Waals surface area (Å²) in [6.45, 7) is 0. The molecular weight excluding hydrogens is 249 g/mol. The van der Waals surface area contributed by atoms with Crippen LogP contribution in [0.1, 0.15) is 37.7 Å². The van der Waals surface area contributed by atoms with Crippen molar-refractivity contribution >= 4 is 5.69 Å². The van der Waals surface area contributed by atoms with Gasteiger partial charge in [0, 0.05) is 6.07 Å². The van der Waals surface area contributed by atoms with Crippen molar-refractivity contribution in [3.8, 4) is 0 Å². The molecule has 1 N–H and O–H groups in total. The molecule has 19 heavy (non-hydrogen) atoms. The summed E-state index contributed by atoms with van der Waals surface area (Å²) in [7, 11) is 0. The Bertz CT molecular complexity index is 458. The number of aliphatic hydroxyl groups is 1. The van der Waals surface area contributed by atoms with Crippen molar-refractivity contribution in [2.24, 2.45) is 5.92 Å². The van der Waals surface area contributed by atoms with Crippen LogP contribution in [0.2, 0.25) is 0 Å². The van der Waals surface area contributed by atoms with E-state index < -0.39 is 10.7 Å². The van der Waals surface area contributed by atoms with Gasteiger partial charge < -0.3 is 5.11 Å². The number of nitrogens with zero attached hydrogens (tertiary/aromatic N) is 1. The number of non-ortho nitro benzene ring substituents is 1. The lowest BCUT2D eigenvalue weighted by molar-refractivity contribution is -0.385. The van der Waals surface area contributed by atoms with E-state index >= 15 is 0 Å². The Kier molecular flexibility index (Phi) is 4.47. The SMILES string of the molecule is O=[N+]([O-])c1cc(F)cc(CCC(O)C2CCCC2)c1. The second-order valence-corrected chi connectivity index (χ2v) is 5.23. The van der Waals surface area contributed by atoms with Gasteiger partial charge >= 0.3 is 0 Å². The van der Waals surface area contributed by atoms with E-state index in [9.17, 15) is 19.6 Å². The van der Waals surface area contributed by atoms with Gasteiger partial charge in [-0.05, 0) is 43.2 Å². The molecule has 0 heterocycles. The highest BCUT2D eigenvalue weighted by Gasteiger charge is 2.23. The second-order valence-electron chi connectivity index (χ2n) is 5.23. The molecule has 1 aliphatic carbocycles. The summed E-state index contributed by atoms with van der Waals surface area (Å²) in [6, 6.07) is 3.59. The van der Waals surface area contributed by atoms with Gasteiger partial charge in [-0.2, -0.15) is 0 Å². The number of halogens is 1.